The molecule has 3 nitrogen and oxygen atoms in total. The van der Waals surface area contributed by atoms with Crippen LogP contribution in [-0.2, 0) is 0 Å². The molecule has 0 N–H and O–H groups in total. The smallest absolute Gasteiger partial charge is 0.0874 e. The number of rotatable bonds is 3. The topological polar surface area (TPSA) is 28.0 Å². The quantitative estimate of drug-likeness (QED) is 0.559. The fourth-order valence-corrected chi connectivity index (χ4v) is 1.73. The first-order valence-corrected chi connectivity index (χ1v) is 6.39. The minimum atomic E-state index is -0.125. The average molecular weight is 253 g/mol. The summed E-state index contributed by atoms with van der Waals surface area (Å²) < 4.78 is 0. The standard InChI is InChI=1S/C16H19N3/c1-16(2,3)19(15-12-8-5-9-13-15)18-17-14-10-6-4-7-11-14/h4-13H,1-3H3. The highest BCUT2D eigenvalue weighted by atomic mass is 15.6. The summed E-state index contributed by atoms with van der Waals surface area (Å²) in [5.41, 5.74) is 1.77. The number of benzene rings is 2. The molecule has 0 amide bonds. The van der Waals surface area contributed by atoms with E-state index < -0.39 is 0 Å². The molecule has 2 aromatic rings. The zero-order valence-electron chi connectivity index (χ0n) is 11.6. The van der Waals surface area contributed by atoms with Crippen molar-refractivity contribution in [2.45, 2.75) is 26.3 Å². The Bertz CT molecular complexity index is 527. The summed E-state index contributed by atoms with van der Waals surface area (Å²) in [4.78, 5) is 0. The van der Waals surface area contributed by atoms with Crippen LogP contribution < -0.4 is 5.01 Å². The van der Waals surface area contributed by atoms with Gasteiger partial charge >= 0.3 is 0 Å². The summed E-state index contributed by atoms with van der Waals surface area (Å²) in [6, 6.07) is 19.8. The molecule has 0 spiro atoms. The summed E-state index contributed by atoms with van der Waals surface area (Å²) in [5.74, 6) is 0. The van der Waals surface area contributed by atoms with Crippen LogP contribution in [0.3, 0.4) is 0 Å². The van der Waals surface area contributed by atoms with Crippen LogP contribution in [0.1, 0.15) is 20.8 Å². The van der Waals surface area contributed by atoms with E-state index in [1.54, 1.807) is 0 Å². The van der Waals surface area contributed by atoms with E-state index in [0.29, 0.717) is 0 Å². The Morgan fingerprint density at radius 2 is 1.32 bits per heavy atom. The van der Waals surface area contributed by atoms with E-state index >= 15 is 0 Å². The van der Waals surface area contributed by atoms with Gasteiger partial charge in [-0.15, -0.1) is 5.11 Å². The lowest BCUT2D eigenvalue weighted by molar-refractivity contribution is 0.503. The second-order valence-electron chi connectivity index (χ2n) is 5.34. The monoisotopic (exact) mass is 253 g/mol. The number of para-hydroxylation sites is 1. The third kappa shape index (κ3) is 3.65. The normalized spacial score (nSPS) is 11.7. The van der Waals surface area contributed by atoms with Crippen molar-refractivity contribution in [2.24, 2.45) is 10.3 Å². The molecule has 0 saturated carbocycles. The number of hydrogen-bond acceptors (Lipinski definition) is 2. The van der Waals surface area contributed by atoms with Crippen LogP contribution in [-0.4, -0.2) is 5.54 Å². The zero-order chi connectivity index (χ0) is 13.7. The van der Waals surface area contributed by atoms with Crippen molar-refractivity contribution >= 4 is 11.4 Å². The Labute approximate surface area is 114 Å². The first-order valence-electron chi connectivity index (χ1n) is 6.39. The summed E-state index contributed by atoms with van der Waals surface area (Å²) >= 11 is 0. The van der Waals surface area contributed by atoms with Crippen molar-refractivity contribution in [1.82, 2.24) is 0 Å². The van der Waals surface area contributed by atoms with Gasteiger partial charge in [-0.2, -0.15) is 0 Å². The highest BCUT2D eigenvalue weighted by molar-refractivity contribution is 5.47. The highest BCUT2D eigenvalue weighted by Gasteiger charge is 2.21. The molecule has 0 saturated heterocycles. The van der Waals surface area contributed by atoms with Crippen LogP contribution in [0.4, 0.5) is 11.4 Å². The maximum atomic E-state index is 4.39. The van der Waals surface area contributed by atoms with Crippen molar-refractivity contribution < 1.29 is 0 Å². The number of nitrogens with zero attached hydrogens (tertiary/aromatic N) is 3. The molecule has 0 bridgehead atoms. The minimum Gasteiger partial charge on any atom is -0.242 e. The van der Waals surface area contributed by atoms with Gasteiger partial charge in [-0.3, -0.25) is 0 Å². The number of anilines is 1. The maximum Gasteiger partial charge on any atom is 0.0874 e. The fourth-order valence-electron chi connectivity index (χ4n) is 1.73. The third-order valence-electron chi connectivity index (χ3n) is 2.64. The van der Waals surface area contributed by atoms with Crippen LogP contribution in [0.2, 0.25) is 0 Å². The van der Waals surface area contributed by atoms with E-state index in [1.807, 2.05) is 65.7 Å². The summed E-state index contributed by atoms with van der Waals surface area (Å²) in [6.07, 6.45) is 0. The lowest BCUT2D eigenvalue weighted by Gasteiger charge is -2.31. The SMILES string of the molecule is CC(C)(C)N(N=Nc1ccccc1)c1ccccc1. The van der Waals surface area contributed by atoms with E-state index in [0.717, 1.165) is 11.4 Å². The molecule has 0 aliphatic heterocycles. The molecular formula is C16H19N3. The highest BCUT2D eigenvalue weighted by Crippen LogP contribution is 2.25. The van der Waals surface area contributed by atoms with Gasteiger partial charge in [0.25, 0.3) is 0 Å². The fraction of sp³-hybridized carbons (Fsp3) is 0.250. The second-order valence-corrected chi connectivity index (χ2v) is 5.34. The van der Waals surface area contributed by atoms with Gasteiger partial charge in [0.15, 0.2) is 0 Å². The Balaban J connectivity index is 2.28. The second kappa shape index (κ2) is 5.65. The first-order chi connectivity index (χ1) is 9.07. The molecule has 0 aromatic heterocycles. The van der Waals surface area contributed by atoms with Crippen LogP contribution in [0, 0.1) is 0 Å². The Morgan fingerprint density at radius 3 is 1.84 bits per heavy atom. The minimum absolute atomic E-state index is 0.125. The van der Waals surface area contributed by atoms with E-state index in [4.69, 9.17) is 0 Å². The molecule has 0 unspecified atom stereocenters. The molecule has 19 heavy (non-hydrogen) atoms. The molecule has 0 aliphatic rings. The lowest BCUT2D eigenvalue weighted by Crippen LogP contribution is -2.36. The first kappa shape index (κ1) is 13.3. The van der Waals surface area contributed by atoms with Gasteiger partial charge in [-0.1, -0.05) is 41.6 Å². The summed E-state index contributed by atoms with van der Waals surface area (Å²) in [7, 11) is 0. The molecule has 0 heterocycles. The van der Waals surface area contributed by atoms with E-state index in [9.17, 15) is 0 Å². The molecule has 3 heteroatoms. The van der Waals surface area contributed by atoms with Crippen molar-refractivity contribution in [3.63, 3.8) is 0 Å². The van der Waals surface area contributed by atoms with Crippen molar-refractivity contribution in [1.29, 1.82) is 0 Å². The predicted molar refractivity (Wildman–Crippen MR) is 79.6 cm³/mol. The Morgan fingerprint density at radius 1 is 0.789 bits per heavy atom. The van der Waals surface area contributed by atoms with Gasteiger partial charge in [-0.25, -0.2) is 5.01 Å². The van der Waals surface area contributed by atoms with Gasteiger partial charge in [0.1, 0.15) is 0 Å². The molecular weight excluding hydrogens is 234 g/mol. The van der Waals surface area contributed by atoms with Crippen LogP contribution >= 0.6 is 0 Å². The van der Waals surface area contributed by atoms with Crippen molar-refractivity contribution in [3.8, 4) is 0 Å². The van der Waals surface area contributed by atoms with E-state index in [2.05, 4.69) is 31.1 Å². The van der Waals surface area contributed by atoms with Crippen LogP contribution in [0.25, 0.3) is 0 Å². The molecule has 0 atom stereocenters. The van der Waals surface area contributed by atoms with Gasteiger partial charge in [0.2, 0.25) is 0 Å². The van der Waals surface area contributed by atoms with Gasteiger partial charge in [-0.05, 0) is 45.0 Å². The molecule has 2 aromatic carbocycles. The van der Waals surface area contributed by atoms with Gasteiger partial charge < -0.3 is 0 Å². The molecule has 98 valence electrons. The van der Waals surface area contributed by atoms with Gasteiger partial charge in [0.05, 0.1) is 16.9 Å². The molecule has 0 radical (unpaired) electrons. The number of hydrogen-bond donors (Lipinski definition) is 0. The lowest BCUT2D eigenvalue weighted by atomic mass is 10.1. The molecule has 2 rings (SSSR count). The molecule has 0 aliphatic carbocycles. The van der Waals surface area contributed by atoms with E-state index in [-0.39, 0.29) is 5.54 Å². The Hall–Kier alpha value is -2.16. The van der Waals surface area contributed by atoms with Crippen LogP contribution in [0.15, 0.2) is 71.0 Å². The van der Waals surface area contributed by atoms with Crippen molar-refractivity contribution in [3.05, 3.63) is 60.7 Å². The predicted octanol–water partition coefficient (Wildman–Crippen LogP) is 4.99. The summed E-state index contributed by atoms with van der Waals surface area (Å²) in [5, 5.41) is 10.6. The zero-order valence-corrected chi connectivity index (χ0v) is 11.6. The van der Waals surface area contributed by atoms with Crippen LogP contribution in [0.5, 0.6) is 0 Å². The Kier molecular flexibility index (Phi) is 3.95. The van der Waals surface area contributed by atoms with Gasteiger partial charge in [0, 0.05) is 0 Å². The third-order valence-corrected chi connectivity index (χ3v) is 2.64. The summed E-state index contributed by atoms with van der Waals surface area (Å²) in [6.45, 7) is 6.35. The van der Waals surface area contributed by atoms with E-state index in [1.165, 1.54) is 0 Å². The largest absolute Gasteiger partial charge is 0.242 e. The average Bonchev–Trinajstić information content (AvgIpc) is 2.40. The molecule has 0 fully saturated rings. The van der Waals surface area contributed by atoms with Crippen molar-refractivity contribution in [2.75, 3.05) is 5.01 Å². The maximum absolute atomic E-state index is 4.39.